The van der Waals surface area contributed by atoms with Crippen LogP contribution in [-0.2, 0) is 16.0 Å². The molecule has 0 radical (unpaired) electrons. The number of nitrogens with zero attached hydrogens (tertiary/aromatic N) is 2. The van der Waals surface area contributed by atoms with Crippen LogP contribution in [0.1, 0.15) is 11.3 Å². The van der Waals surface area contributed by atoms with Gasteiger partial charge in [0.25, 0.3) is 0 Å². The second-order valence-corrected chi connectivity index (χ2v) is 6.60. The summed E-state index contributed by atoms with van der Waals surface area (Å²) in [6.07, 6.45) is 2.35. The Balaban J connectivity index is 2.15. The molecule has 24 heavy (non-hydrogen) atoms. The first-order valence-electron chi connectivity index (χ1n) is 7.56. The molecule has 2 aromatic heterocycles. The van der Waals surface area contributed by atoms with E-state index in [1.54, 1.807) is 0 Å². The summed E-state index contributed by atoms with van der Waals surface area (Å²) in [6.45, 7) is 2.02. The van der Waals surface area contributed by atoms with E-state index in [2.05, 4.69) is 15.9 Å². The number of hydrogen-bond donors (Lipinski definition) is 1. The van der Waals surface area contributed by atoms with Gasteiger partial charge in [-0.05, 0) is 30.7 Å². The normalized spacial score (nSPS) is 12.3. The van der Waals surface area contributed by atoms with Gasteiger partial charge in [0, 0.05) is 22.7 Å². The topological polar surface area (TPSA) is 69.6 Å². The van der Waals surface area contributed by atoms with E-state index in [1.165, 1.54) is 7.11 Å². The number of benzene rings is 1. The fraction of sp³-hybridized carbons (Fsp3) is 0.222. The molecule has 0 aliphatic carbocycles. The highest BCUT2D eigenvalue weighted by Crippen LogP contribution is 2.27. The molecule has 0 amide bonds. The standard InChI is InChI=1S/C18H18BrN3O2/c1-11-3-8-16-21-17(12-4-6-13(19)7-5-12)15(22(16)10-11)9-14(20)18(23)24-2/h3-8,10,14H,9,20H2,1-2H3. The smallest absolute Gasteiger partial charge is 0.323 e. The Morgan fingerprint density at radius 1 is 1.29 bits per heavy atom. The van der Waals surface area contributed by atoms with Gasteiger partial charge < -0.3 is 14.9 Å². The third-order valence-electron chi connectivity index (χ3n) is 3.90. The molecule has 1 aromatic carbocycles. The van der Waals surface area contributed by atoms with Crippen LogP contribution in [0.25, 0.3) is 16.9 Å². The summed E-state index contributed by atoms with van der Waals surface area (Å²) < 4.78 is 7.75. The SMILES string of the molecule is COC(=O)C(N)Cc1c(-c2ccc(Br)cc2)nc2ccc(C)cn12. The van der Waals surface area contributed by atoms with Crippen LogP contribution in [0.2, 0.25) is 0 Å². The van der Waals surface area contributed by atoms with Crippen LogP contribution in [0.5, 0.6) is 0 Å². The van der Waals surface area contributed by atoms with Gasteiger partial charge in [-0.15, -0.1) is 0 Å². The van der Waals surface area contributed by atoms with Crippen molar-refractivity contribution < 1.29 is 9.53 Å². The van der Waals surface area contributed by atoms with E-state index in [0.29, 0.717) is 6.42 Å². The van der Waals surface area contributed by atoms with Gasteiger partial charge in [0.05, 0.1) is 18.5 Å². The highest BCUT2D eigenvalue weighted by Gasteiger charge is 2.21. The summed E-state index contributed by atoms with van der Waals surface area (Å²) >= 11 is 3.44. The molecular formula is C18H18BrN3O2. The summed E-state index contributed by atoms with van der Waals surface area (Å²) in [5, 5.41) is 0. The summed E-state index contributed by atoms with van der Waals surface area (Å²) in [6, 6.07) is 11.2. The van der Waals surface area contributed by atoms with E-state index < -0.39 is 12.0 Å². The van der Waals surface area contributed by atoms with Crippen molar-refractivity contribution in [2.24, 2.45) is 5.73 Å². The van der Waals surface area contributed by atoms with Gasteiger partial charge in [0.1, 0.15) is 11.7 Å². The highest BCUT2D eigenvalue weighted by molar-refractivity contribution is 9.10. The Labute approximate surface area is 148 Å². The number of esters is 1. The predicted molar refractivity (Wildman–Crippen MR) is 96.8 cm³/mol. The molecule has 1 unspecified atom stereocenters. The number of methoxy groups -OCH3 is 1. The summed E-state index contributed by atoms with van der Waals surface area (Å²) in [7, 11) is 1.34. The molecule has 0 spiro atoms. The van der Waals surface area contributed by atoms with Gasteiger partial charge in [-0.3, -0.25) is 4.79 Å². The third-order valence-corrected chi connectivity index (χ3v) is 4.43. The number of carbonyl (C=O) groups excluding carboxylic acids is 1. The number of aryl methyl sites for hydroxylation is 1. The molecule has 5 nitrogen and oxygen atoms in total. The first-order valence-corrected chi connectivity index (χ1v) is 8.36. The maximum Gasteiger partial charge on any atom is 0.323 e. The second-order valence-electron chi connectivity index (χ2n) is 5.68. The second kappa shape index (κ2) is 6.75. The van der Waals surface area contributed by atoms with Gasteiger partial charge >= 0.3 is 5.97 Å². The van der Waals surface area contributed by atoms with Crippen LogP contribution in [-0.4, -0.2) is 28.5 Å². The Kier molecular flexibility index (Phi) is 4.69. The van der Waals surface area contributed by atoms with Crippen molar-refractivity contribution in [3.63, 3.8) is 0 Å². The minimum Gasteiger partial charge on any atom is -0.468 e. The van der Waals surface area contributed by atoms with E-state index in [4.69, 9.17) is 15.5 Å². The molecule has 0 bridgehead atoms. The number of imidazole rings is 1. The van der Waals surface area contributed by atoms with Crippen LogP contribution in [0.4, 0.5) is 0 Å². The van der Waals surface area contributed by atoms with Crippen LogP contribution >= 0.6 is 15.9 Å². The average Bonchev–Trinajstić information content (AvgIpc) is 2.92. The molecule has 0 aliphatic rings. The Morgan fingerprint density at radius 3 is 2.67 bits per heavy atom. The van der Waals surface area contributed by atoms with Gasteiger partial charge in [0.15, 0.2) is 0 Å². The summed E-state index contributed by atoms with van der Waals surface area (Å²) in [5.41, 5.74) is 10.6. The van der Waals surface area contributed by atoms with Crippen LogP contribution < -0.4 is 5.73 Å². The zero-order valence-electron chi connectivity index (χ0n) is 13.5. The maximum absolute atomic E-state index is 11.8. The predicted octanol–water partition coefficient (Wildman–Crippen LogP) is 3.12. The van der Waals surface area contributed by atoms with Gasteiger partial charge in [0.2, 0.25) is 0 Å². The molecule has 2 N–H and O–H groups in total. The molecule has 0 aliphatic heterocycles. The van der Waals surface area contributed by atoms with Crippen molar-refractivity contribution in [3.8, 4) is 11.3 Å². The van der Waals surface area contributed by atoms with Crippen molar-refractivity contribution in [3.05, 3.63) is 58.3 Å². The van der Waals surface area contributed by atoms with E-state index in [0.717, 1.165) is 32.6 Å². The number of halogens is 1. The number of nitrogens with two attached hydrogens (primary N) is 1. The molecule has 0 fully saturated rings. The number of pyridine rings is 1. The number of fused-ring (bicyclic) bond motifs is 1. The first kappa shape index (κ1) is 16.7. The highest BCUT2D eigenvalue weighted by atomic mass is 79.9. The lowest BCUT2D eigenvalue weighted by Gasteiger charge is -2.11. The van der Waals surface area contributed by atoms with Gasteiger partial charge in [-0.1, -0.05) is 34.1 Å². The Hall–Kier alpha value is -2.18. The average molecular weight is 388 g/mol. The van der Waals surface area contributed by atoms with E-state index in [9.17, 15) is 4.79 Å². The van der Waals surface area contributed by atoms with Gasteiger partial charge in [-0.25, -0.2) is 4.98 Å². The third kappa shape index (κ3) is 3.20. The summed E-state index contributed by atoms with van der Waals surface area (Å²) in [4.78, 5) is 16.5. The van der Waals surface area contributed by atoms with Gasteiger partial charge in [-0.2, -0.15) is 0 Å². The number of aromatic nitrogens is 2. The number of carbonyl (C=O) groups is 1. The Bertz CT molecular complexity index is 887. The van der Waals surface area contributed by atoms with Crippen molar-refractivity contribution in [1.82, 2.24) is 9.38 Å². The van der Waals surface area contributed by atoms with E-state index >= 15 is 0 Å². The quantitative estimate of drug-likeness (QED) is 0.698. The molecule has 3 rings (SSSR count). The molecule has 2 heterocycles. The Morgan fingerprint density at radius 2 is 2.00 bits per heavy atom. The van der Waals surface area contributed by atoms with Crippen molar-refractivity contribution in [1.29, 1.82) is 0 Å². The minimum absolute atomic E-state index is 0.350. The minimum atomic E-state index is -0.732. The number of ether oxygens (including phenoxy) is 1. The number of hydrogen-bond acceptors (Lipinski definition) is 4. The molecule has 0 saturated heterocycles. The lowest BCUT2D eigenvalue weighted by molar-refractivity contribution is -0.142. The van der Waals surface area contributed by atoms with Crippen LogP contribution in [0.15, 0.2) is 47.1 Å². The van der Waals surface area contributed by atoms with E-state index in [1.807, 2.05) is 53.9 Å². The van der Waals surface area contributed by atoms with Crippen molar-refractivity contribution >= 4 is 27.5 Å². The van der Waals surface area contributed by atoms with Crippen molar-refractivity contribution in [2.75, 3.05) is 7.11 Å². The van der Waals surface area contributed by atoms with Crippen LogP contribution in [0, 0.1) is 6.92 Å². The lowest BCUT2D eigenvalue weighted by Crippen LogP contribution is -2.34. The van der Waals surface area contributed by atoms with E-state index in [-0.39, 0.29) is 0 Å². The van der Waals surface area contributed by atoms with Crippen molar-refractivity contribution in [2.45, 2.75) is 19.4 Å². The molecule has 3 aromatic rings. The first-order chi connectivity index (χ1) is 11.5. The molecule has 0 saturated carbocycles. The monoisotopic (exact) mass is 387 g/mol. The molecular weight excluding hydrogens is 370 g/mol. The fourth-order valence-corrected chi connectivity index (χ4v) is 2.94. The molecule has 1 atom stereocenters. The number of rotatable bonds is 4. The fourth-order valence-electron chi connectivity index (χ4n) is 2.68. The summed E-state index contributed by atoms with van der Waals surface area (Å²) in [5.74, 6) is -0.431. The lowest BCUT2D eigenvalue weighted by atomic mass is 10.1. The zero-order chi connectivity index (χ0) is 17.3. The molecule has 6 heteroatoms. The largest absolute Gasteiger partial charge is 0.468 e. The molecule has 124 valence electrons. The maximum atomic E-state index is 11.8. The van der Waals surface area contributed by atoms with Crippen LogP contribution in [0.3, 0.4) is 0 Å². The zero-order valence-corrected chi connectivity index (χ0v) is 15.1.